The summed E-state index contributed by atoms with van der Waals surface area (Å²) in [5, 5.41) is 7.28. The predicted octanol–water partition coefficient (Wildman–Crippen LogP) is 1.10. The van der Waals surface area contributed by atoms with E-state index in [0.717, 1.165) is 5.70 Å². The molecule has 0 atom stereocenters. The molecule has 0 bridgehead atoms. The first-order chi connectivity index (χ1) is 4.35. The maximum absolute atomic E-state index is 5.28. The molecule has 50 valence electrons. The van der Waals surface area contributed by atoms with Crippen LogP contribution in [0, 0.1) is 0 Å². The standard InChI is InChI=1S/C6H11N3/c1-3-4-6(5-7)9-8-2/h3-4H,1,5,7H2,2H3/b6-4-,9-8?. The summed E-state index contributed by atoms with van der Waals surface area (Å²) in [7, 11) is 1.60. The zero-order valence-corrected chi connectivity index (χ0v) is 5.54. The van der Waals surface area contributed by atoms with Gasteiger partial charge < -0.3 is 5.73 Å². The van der Waals surface area contributed by atoms with Crippen molar-refractivity contribution in [3.63, 3.8) is 0 Å². The third-order valence-electron chi connectivity index (χ3n) is 0.748. The molecule has 0 saturated heterocycles. The van der Waals surface area contributed by atoms with Gasteiger partial charge in [-0.1, -0.05) is 12.7 Å². The molecule has 9 heavy (non-hydrogen) atoms. The van der Waals surface area contributed by atoms with Crippen molar-refractivity contribution in [1.29, 1.82) is 0 Å². The molecule has 0 radical (unpaired) electrons. The second kappa shape index (κ2) is 5.18. The van der Waals surface area contributed by atoms with E-state index < -0.39 is 0 Å². The van der Waals surface area contributed by atoms with Crippen molar-refractivity contribution in [2.75, 3.05) is 13.6 Å². The van der Waals surface area contributed by atoms with Crippen LogP contribution in [0.4, 0.5) is 0 Å². The average Bonchev–Trinajstić information content (AvgIpc) is 1.88. The average molecular weight is 125 g/mol. The van der Waals surface area contributed by atoms with E-state index in [0.29, 0.717) is 6.54 Å². The van der Waals surface area contributed by atoms with Crippen LogP contribution in [0.15, 0.2) is 34.7 Å². The molecule has 2 N–H and O–H groups in total. The molecule has 0 aromatic rings. The Morgan fingerprint density at radius 2 is 2.44 bits per heavy atom. The fraction of sp³-hybridized carbons (Fsp3) is 0.333. The third-order valence-corrected chi connectivity index (χ3v) is 0.748. The quantitative estimate of drug-likeness (QED) is 0.445. The van der Waals surface area contributed by atoms with Crippen molar-refractivity contribution in [1.82, 2.24) is 0 Å². The van der Waals surface area contributed by atoms with Crippen LogP contribution < -0.4 is 5.73 Å². The second-order valence-corrected chi connectivity index (χ2v) is 1.40. The van der Waals surface area contributed by atoms with E-state index in [1.54, 1.807) is 19.2 Å². The van der Waals surface area contributed by atoms with Crippen molar-refractivity contribution >= 4 is 0 Å². The van der Waals surface area contributed by atoms with E-state index in [2.05, 4.69) is 16.8 Å². The fourth-order valence-electron chi connectivity index (χ4n) is 0.407. The Bertz CT molecular complexity index is 135. The lowest BCUT2D eigenvalue weighted by Crippen LogP contribution is -1.99. The zero-order chi connectivity index (χ0) is 7.11. The highest BCUT2D eigenvalue weighted by Crippen LogP contribution is 1.92. The summed E-state index contributed by atoms with van der Waals surface area (Å²) in [4.78, 5) is 0. The van der Waals surface area contributed by atoms with Gasteiger partial charge in [0, 0.05) is 13.6 Å². The summed E-state index contributed by atoms with van der Waals surface area (Å²) in [5.41, 5.74) is 6.02. The van der Waals surface area contributed by atoms with Gasteiger partial charge in [-0.2, -0.15) is 10.2 Å². The number of rotatable bonds is 3. The SMILES string of the molecule is C=C/C=C(/CN)N=NC. The van der Waals surface area contributed by atoms with Crippen molar-refractivity contribution < 1.29 is 0 Å². The number of hydrogen-bond acceptors (Lipinski definition) is 3. The molecule has 0 aromatic heterocycles. The van der Waals surface area contributed by atoms with Gasteiger partial charge in [0.1, 0.15) is 0 Å². The smallest absolute Gasteiger partial charge is 0.0761 e. The molecule has 0 amide bonds. The van der Waals surface area contributed by atoms with Gasteiger partial charge in [-0.25, -0.2) is 0 Å². The molecule has 0 aliphatic heterocycles. The second-order valence-electron chi connectivity index (χ2n) is 1.40. The van der Waals surface area contributed by atoms with Crippen LogP contribution in [0.25, 0.3) is 0 Å². The largest absolute Gasteiger partial charge is 0.325 e. The molecular weight excluding hydrogens is 114 g/mol. The lowest BCUT2D eigenvalue weighted by molar-refractivity contribution is 1.01. The highest BCUT2D eigenvalue weighted by Gasteiger charge is 1.83. The minimum absolute atomic E-state index is 0.406. The molecule has 0 saturated carbocycles. The molecule has 3 nitrogen and oxygen atoms in total. The third kappa shape index (κ3) is 3.61. The van der Waals surface area contributed by atoms with Gasteiger partial charge in [-0.15, -0.1) is 0 Å². The summed E-state index contributed by atoms with van der Waals surface area (Å²) >= 11 is 0. The number of allylic oxidation sites excluding steroid dienone is 2. The summed E-state index contributed by atoms with van der Waals surface area (Å²) in [6.07, 6.45) is 3.36. The van der Waals surface area contributed by atoms with Crippen LogP contribution in [-0.4, -0.2) is 13.6 Å². The van der Waals surface area contributed by atoms with Gasteiger partial charge in [-0.05, 0) is 6.08 Å². The Kier molecular flexibility index (Phi) is 4.63. The number of nitrogens with two attached hydrogens (primary N) is 1. The van der Waals surface area contributed by atoms with Gasteiger partial charge in [0.25, 0.3) is 0 Å². The minimum atomic E-state index is 0.406. The highest BCUT2D eigenvalue weighted by atomic mass is 15.1. The lowest BCUT2D eigenvalue weighted by atomic mass is 10.4. The molecule has 0 heterocycles. The van der Waals surface area contributed by atoms with Gasteiger partial charge in [-0.3, -0.25) is 0 Å². The molecular formula is C6H11N3. The fourth-order valence-corrected chi connectivity index (χ4v) is 0.407. The first kappa shape index (κ1) is 8.04. The summed E-state index contributed by atoms with van der Waals surface area (Å²) < 4.78 is 0. The van der Waals surface area contributed by atoms with Crippen molar-refractivity contribution in [2.45, 2.75) is 0 Å². The van der Waals surface area contributed by atoms with Crippen molar-refractivity contribution in [3.05, 3.63) is 24.4 Å². The topological polar surface area (TPSA) is 50.7 Å². The molecule has 0 aliphatic carbocycles. The van der Waals surface area contributed by atoms with Gasteiger partial charge in [0.2, 0.25) is 0 Å². The van der Waals surface area contributed by atoms with Crippen LogP contribution in [-0.2, 0) is 0 Å². The van der Waals surface area contributed by atoms with Gasteiger partial charge >= 0.3 is 0 Å². The molecule has 0 aromatic carbocycles. The maximum atomic E-state index is 5.28. The Balaban J connectivity index is 3.96. The lowest BCUT2D eigenvalue weighted by Gasteiger charge is -1.89. The first-order valence-electron chi connectivity index (χ1n) is 2.66. The Labute approximate surface area is 55.0 Å². The van der Waals surface area contributed by atoms with Crippen LogP contribution in [0.3, 0.4) is 0 Å². The predicted molar refractivity (Wildman–Crippen MR) is 38.1 cm³/mol. The monoisotopic (exact) mass is 125 g/mol. The van der Waals surface area contributed by atoms with Crippen LogP contribution in [0.1, 0.15) is 0 Å². The van der Waals surface area contributed by atoms with E-state index in [1.807, 2.05) is 0 Å². The minimum Gasteiger partial charge on any atom is -0.325 e. The normalized spacial score (nSPS) is 12.4. The van der Waals surface area contributed by atoms with E-state index in [4.69, 9.17) is 5.73 Å². The van der Waals surface area contributed by atoms with Crippen molar-refractivity contribution in [2.24, 2.45) is 16.0 Å². The highest BCUT2D eigenvalue weighted by molar-refractivity contribution is 5.08. The molecule has 0 unspecified atom stereocenters. The Hall–Kier alpha value is -0.960. The number of azo groups is 1. The van der Waals surface area contributed by atoms with Crippen molar-refractivity contribution in [3.8, 4) is 0 Å². The molecule has 0 fully saturated rings. The Morgan fingerprint density at radius 3 is 2.78 bits per heavy atom. The maximum Gasteiger partial charge on any atom is 0.0761 e. The number of hydrogen-bond donors (Lipinski definition) is 1. The van der Waals surface area contributed by atoms with E-state index >= 15 is 0 Å². The molecule has 0 spiro atoms. The van der Waals surface area contributed by atoms with E-state index in [9.17, 15) is 0 Å². The van der Waals surface area contributed by atoms with E-state index in [1.165, 1.54) is 0 Å². The molecule has 0 rings (SSSR count). The van der Waals surface area contributed by atoms with Gasteiger partial charge in [0.05, 0.1) is 5.70 Å². The molecule has 0 aliphatic rings. The summed E-state index contributed by atoms with van der Waals surface area (Å²) in [6, 6.07) is 0. The summed E-state index contributed by atoms with van der Waals surface area (Å²) in [5.74, 6) is 0. The van der Waals surface area contributed by atoms with Crippen LogP contribution in [0.5, 0.6) is 0 Å². The first-order valence-corrected chi connectivity index (χ1v) is 2.66. The summed E-state index contributed by atoms with van der Waals surface area (Å²) in [6.45, 7) is 3.90. The van der Waals surface area contributed by atoms with Crippen LogP contribution in [0.2, 0.25) is 0 Å². The number of nitrogens with zero attached hydrogens (tertiary/aromatic N) is 2. The van der Waals surface area contributed by atoms with Gasteiger partial charge in [0.15, 0.2) is 0 Å². The van der Waals surface area contributed by atoms with Crippen LogP contribution >= 0.6 is 0 Å². The Morgan fingerprint density at radius 1 is 1.78 bits per heavy atom. The molecule has 3 heteroatoms. The van der Waals surface area contributed by atoms with E-state index in [-0.39, 0.29) is 0 Å². The zero-order valence-electron chi connectivity index (χ0n) is 5.54.